The summed E-state index contributed by atoms with van der Waals surface area (Å²) in [7, 11) is 0. The van der Waals surface area contributed by atoms with Crippen molar-refractivity contribution in [3.05, 3.63) is 65.2 Å². The third-order valence-electron chi connectivity index (χ3n) is 4.12. The predicted octanol–water partition coefficient (Wildman–Crippen LogP) is 3.42. The summed E-state index contributed by atoms with van der Waals surface area (Å²) in [6.07, 6.45) is 0.953. The fraction of sp³-hybridized carbons (Fsp3) is 0.294. The standard InChI is InChI=1S/C17H18F2N2/c1-11-9-12-5-2-3-8-16(12)21(11)10-15(20)13-6-4-7-14(18)17(13)19/h2-8,11,15H,9-10,20H2,1H3. The van der Waals surface area contributed by atoms with Crippen molar-refractivity contribution >= 4 is 5.69 Å². The first-order valence-electron chi connectivity index (χ1n) is 7.12. The lowest BCUT2D eigenvalue weighted by Crippen LogP contribution is -2.36. The van der Waals surface area contributed by atoms with Crippen LogP contribution in [0, 0.1) is 11.6 Å². The molecule has 2 nitrogen and oxygen atoms in total. The molecule has 0 saturated heterocycles. The van der Waals surface area contributed by atoms with Crippen molar-refractivity contribution in [2.75, 3.05) is 11.4 Å². The van der Waals surface area contributed by atoms with Gasteiger partial charge in [0.25, 0.3) is 0 Å². The molecule has 0 amide bonds. The molecular weight excluding hydrogens is 270 g/mol. The van der Waals surface area contributed by atoms with Crippen LogP contribution < -0.4 is 10.6 Å². The SMILES string of the molecule is CC1Cc2ccccc2N1CC(N)c1cccc(F)c1F. The van der Waals surface area contributed by atoms with E-state index in [9.17, 15) is 8.78 Å². The second kappa shape index (κ2) is 5.45. The van der Waals surface area contributed by atoms with E-state index in [-0.39, 0.29) is 5.56 Å². The Kier molecular flexibility index (Phi) is 3.64. The number of nitrogens with zero attached hydrogens (tertiary/aromatic N) is 1. The van der Waals surface area contributed by atoms with Gasteiger partial charge in [0.1, 0.15) is 0 Å². The zero-order valence-corrected chi connectivity index (χ0v) is 11.9. The highest BCUT2D eigenvalue weighted by Gasteiger charge is 2.28. The molecule has 2 aromatic rings. The molecule has 21 heavy (non-hydrogen) atoms. The van der Waals surface area contributed by atoms with Gasteiger partial charge in [-0.25, -0.2) is 8.78 Å². The van der Waals surface area contributed by atoms with Crippen LogP contribution in [0.5, 0.6) is 0 Å². The molecule has 0 radical (unpaired) electrons. The highest BCUT2D eigenvalue weighted by atomic mass is 19.2. The summed E-state index contributed by atoms with van der Waals surface area (Å²) in [6.45, 7) is 2.59. The average molecular weight is 288 g/mol. The topological polar surface area (TPSA) is 29.3 Å². The van der Waals surface area contributed by atoms with Gasteiger partial charge in [-0.1, -0.05) is 30.3 Å². The molecule has 0 fully saturated rings. The van der Waals surface area contributed by atoms with Crippen molar-refractivity contribution in [3.8, 4) is 0 Å². The van der Waals surface area contributed by atoms with E-state index in [0.29, 0.717) is 12.6 Å². The van der Waals surface area contributed by atoms with Gasteiger partial charge in [-0.05, 0) is 31.0 Å². The van der Waals surface area contributed by atoms with Crippen LogP contribution in [0.25, 0.3) is 0 Å². The van der Waals surface area contributed by atoms with Gasteiger partial charge in [0, 0.05) is 23.8 Å². The number of benzene rings is 2. The van der Waals surface area contributed by atoms with E-state index in [1.165, 1.54) is 11.6 Å². The quantitative estimate of drug-likeness (QED) is 0.937. The van der Waals surface area contributed by atoms with Crippen LogP contribution in [0.1, 0.15) is 24.1 Å². The molecule has 1 heterocycles. The molecule has 2 N–H and O–H groups in total. The number of hydrogen-bond donors (Lipinski definition) is 1. The maximum absolute atomic E-state index is 13.8. The first-order chi connectivity index (χ1) is 10.1. The van der Waals surface area contributed by atoms with Crippen LogP contribution in [-0.4, -0.2) is 12.6 Å². The molecule has 0 aromatic heterocycles. The minimum Gasteiger partial charge on any atom is -0.366 e. The third-order valence-corrected chi connectivity index (χ3v) is 4.12. The summed E-state index contributed by atoms with van der Waals surface area (Å²) in [5.74, 6) is -1.69. The van der Waals surface area contributed by atoms with E-state index in [0.717, 1.165) is 18.2 Å². The van der Waals surface area contributed by atoms with E-state index in [4.69, 9.17) is 5.73 Å². The van der Waals surface area contributed by atoms with Crippen molar-refractivity contribution < 1.29 is 8.78 Å². The lowest BCUT2D eigenvalue weighted by Gasteiger charge is -2.28. The zero-order chi connectivity index (χ0) is 15.0. The molecular formula is C17H18F2N2. The molecule has 2 atom stereocenters. The Bertz CT molecular complexity index is 657. The molecule has 0 saturated carbocycles. The van der Waals surface area contributed by atoms with E-state index in [1.807, 2.05) is 18.2 Å². The molecule has 110 valence electrons. The number of para-hydroxylation sites is 1. The average Bonchev–Trinajstić information content (AvgIpc) is 2.78. The summed E-state index contributed by atoms with van der Waals surface area (Å²) in [4.78, 5) is 2.17. The first-order valence-corrected chi connectivity index (χ1v) is 7.12. The third kappa shape index (κ3) is 2.51. The number of fused-ring (bicyclic) bond motifs is 1. The number of anilines is 1. The number of hydrogen-bond acceptors (Lipinski definition) is 2. The Morgan fingerprint density at radius 3 is 2.76 bits per heavy atom. The minimum absolute atomic E-state index is 0.228. The Morgan fingerprint density at radius 1 is 1.19 bits per heavy atom. The normalized spacial score (nSPS) is 18.7. The van der Waals surface area contributed by atoms with Gasteiger partial charge in [0.15, 0.2) is 11.6 Å². The minimum atomic E-state index is -0.849. The number of halogens is 2. The lowest BCUT2D eigenvalue weighted by molar-refractivity contribution is 0.485. The molecule has 4 heteroatoms. The van der Waals surface area contributed by atoms with Crippen LogP contribution >= 0.6 is 0 Å². The van der Waals surface area contributed by atoms with Crippen LogP contribution in [0.2, 0.25) is 0 Å². The largest absolute Gasteiger partial charge is 0.366 e. The maximum atomic E-state index is 13.8. The molecule has 3 rings (SSSR count). The van der Waals surface area contributed by atoms with Gasteiger partial charge in [-0.3, -0.25) is 0 Å². The summed E-state index contributed by atoms with van der Waals surface area (Å²) in [6, 6.07) is 12.1. The Morgan fingerprint density at radius 2 is 1.95 bits per heavy atom. The summed E-state index contributed by atoms with van der Waals surface area (Å²) in [5, 5.41) is 0. The van der Waals surface area contributed by atoms with Gasteiger partial charge >= 0.3 is 0 Å². The Hall–Kier alpha value is -1.94. The number of rotatable bonds is 3. The zero-order valence-electron chi connectivity index (χ0n) is 11.9. The highest BCUT2D eigenvalue weighted by molar-refractivity contribution is 5.59. The van der Waals surface area contributed by atoms with E-state index < -0.39 is 17.7 Å². The molecule has 0 bridgehead atoms. The van der Waals surface area contributed by atoms with Gasteiger partial charge in [0.05, 0.1) is 6.04 Å². The molecule has 2 aromatic carbocycles. The van der Waals surface area contributed by atoms with Crippen molar-refractivity contribution in [3.63, 3.8) is 0 Å². The summed E-state index contributed by atoms with van der Waals surface area (Å²) < 4.78 is 27.2. The van der Waals surface area contributed by atoms with Gasteiger partial charge in [0.2, 0.25) is 0 Å². The van der Waals surface area contributed by atoms with Gasteiger partial charge in [-0.15, -0.1) is 0 Å². The second-order valence-electron chi connectivity index (χ2n) is 5.58. The number of nitrogens with two attached hydrogens (primary N) is 1. The van der Waals surface area contributed by atoms with E-state index in [2.05, 4.69) is 17.9 Å². The molecule has 2 unspecified atom stereocenters. The van der Waals surface area contributed by atoms with Crippen LogP contribution in [0.4, 0.5) is 14.5 Å². The monoisotopic (exact) mass is 288 g/mol. The van der Waals surface area contributed by atoms with Crippen molar-refractivity contribution in [1.82, 2.24) is 0 Å². The summed E-state index contributed by atoms with van der Waals surface area (Å²) >= 11 is 0. The molecule has 1 aliphatic rings. The smallest absolute Gasteiger partial charge is 0.163 e. The van der Waals surface area contributed by atoms with Gasteiger partial charge in [-0.2, -0.15) is 0 Å². The second-order valence-corrected chi connectivity index (χ2v) is 5.58. The lowest BCUT2D eigenvalue weighted by atomic mass is 10.1. The van der Waals surface area contributed by atoms with E-state index >= 15 is 0 Å². The van der Waals surface area contributed by atoms with Crippen molar-refractivity contribution in [2.45, 2.75) is 25.4 Å². The maximum Gasteiger partial charge on any atom is 0.163 e. The van der Waals surface area contributed by atoms with Crippen molar-refractivity contribution in [1.29, 1.82) is 0 Å². The van der Waals surface area contributed by atoms with Crippen LogP contribution in [-0.2, 0) is 6.42 Å². The molecule has 0 spiro atoms. The molecule has 1 aliphatic heterocycles. The van der Waals surface area contributed by atoms with E-state index in [1.54, 1.807) is 6.07 Å². The Labute approximate surface area is 123 Å². The molecule has 0 aliphatic carbocycles. The first kappa shape index (κ1) is 14.0. The fourth-order valence-corrected chi connectivity index (χ4v) is 3.02. The fourth-order valence-electron chi connectivity index (χ4n) is 3.02. The predicted molar refractivity (Wildman–Crippen MR) is 80.2 cm³/mol. The summed E-state index contributed by atoms with van der Waals surface area (Å²) in [5.41, 5.74) is 8.76. The van der Waals surface area contributed by atoms with Crippen LogP contribution in [0.15, 0.2) is 42.5 Å². The van der Waals surface area contributed by atoms with Gasteiger partial charge < -0.3 is 10.6 Å². The van der Waals surface area contributed by atoms with Crippen LogP contribution in [0.3, 0.4) is 0 Å². The highest BCUT2D eigenvalue weighted by Crippen LogP contribution is 2.33. The Balaban J connectivity index is 1.85. The van der Waals surface area contributed by atoms with Crippen molar-refractivity contribution in [2.24, 2.45) is 5.73 Å².